The van der Waals surface area contributed by atoms with Crippen molar-refractivity contribution in [2.24, 2.45) is 0 Å². The minimum Gasteiger partial charge on any atom is -0.478 e. The van der Waals surface area contributed by atoms with E-state index in [0.717, 1.165) is 11.3 Å². The molecular weight excluding hydrogens is 281 g/mol. The van der Waals surface area contributed by atoms with Crippen molar-refractivity contribution in [3.8, 4) is 5.88 Å². The van der Waals surface area contributed by atoms with Crippen LogP contribution in [0.1, 0.15) is 44.9 Å². The van der Waals surface area contributed by atoms with Crippen LogP contribution < -0.4 is 10.1 Å². The highest BCUT2D eigenvalue weighted by atomic mass is 19.4. The molecule has 3 nitrogen and oxygen atoms in total. The molecule has 0 aromatic carbocycles. The zero-order chi connectivity index (χ0) is 16.1. The average molecular weight is 304 g/mol. The summed E-state index contributed by atoms with van der Waals surface area (Å²) in [7, 11) is 1.83. The minimum atomic E-state index is -4.14. The maximum absolute atomic E-state index is 12.1. The third-order valence-electron chi connectivity index (χ3n) is 2.87. The van der Waals surface area contributed by atoms with Gasteiger partial charge in [-0.05, 0) is 25.1 Å². The van der Waals surface area contributed by atoms with Gasteiger partial charge in [-0.3, -0.25) is 0 Å². The molecule has 1 heterocycles. The molecule has 0 radical (unpaired) electrons. The average Bonchev–Trinajstić information content (AvgIpc) is 2.33. The lowest BCUT2D eigenvalue weighted by Gasteiger charge is -2.20. The fraction of sp³-hybridized carbons (Fsp3) is 0.667. The van der Waals surface area contributed by atoms with Gasteiger partial charge < -0.3 is 10.1 Å². The molecule has 21 heavy (non-hydrogen) atoms. The summed E-state index contributed by atoms with van der Waals surface area (Å²) in [5, 5.41) is 3.04. The molecule has 0 aliphatic rings. The van der Waals surface area contributed by atoms with Crippen molar-refractivity contribution in [1.82, 2.24) is 10.3 Å². The van der Waals surface area contributed by atoms with E-state index in [9.17, 15) is 13.2 Å². The maximum Gasteiger partial charge on any atom is 0.389 e. The van der Waals surface area contributed by atoms with Crippen LogP contribution in [0, 0.1) is 0 Å². The summed E-state index contributed by atoms with van der Waals surface area (Å²) in [5.41, 5.74) is 1.72. The highest BCUT2D eigenvalue weighted by Crippen LogP contribution is 2.25. The van der Waals surface area contributed by atoms with E-state index in [2.05, 4.69) is 10.3 Å². The van der Waals surface area contributed by atoms with Gasteiger partial charge in [0.2, 0.25) is 5.88 Å². The molecule has 0 unspecified atom stereocenters. The van der Waals surface area contributed by atoms with Crippen molar-refractivity contribution in [1.29, 1.82) is 0 Å². The number of aromatic nitrogens is 1. The first kappa shape index (κ1) is 17.8. The number of hydrogen-bond acceptors (Lipinski definition) is 3. The standard InChI is InChI=1S/C15H23F3N2O/c1-14(2,3)12-8-11(10-19-4)9-13(20-12)21-7-5-6-15(16,17)18/h8-9,19H,5-7,10H2,1-4H3. The summed E-state index contributed by atoms with van der Waals surface area (Å²) in [6, 6.07) is 3.75. The second-order valence-corrected chi connectivity index (χ2v) is 6.05. The van der Waals surface area contributed by atoms with Gasteiger partial charge in [0.25, 0.3) is 0 Å². The molecule has 0 spiro atoms. The van der Waals surface area contributed by atoms with Gasteiger partial charge in [-0.1, -0.05) is 20.8 Å². The predicted octanol–water partition coefficient (Wildman–Crippen LogP) is 3.82. The molecule has 0 saturated heterocycles. The van der Waals surface area contributed by atoms with E-state index < -0.39 is 12.6 Å². The lowest BCUT2D eigenvalue weighted by atomic mass is 9.91. The van der Waals surface area contributed by atoms with Gasteiger partial charge in [-0.15, -0.1) is 0 Å². The third kappa shape index (κ3) is 6.80. The number of hydrogen-bond donors (Lipinski definition) is 1. The number of halogens is 3. The summed E-state index contributed by atoms with van der Waals surface area (Å²) in [6.07, 6.45) is -5.04. The fourth-order valence-electron chi connectivity index (χ4n) is 1.77. The quantitative estimate of drug-likeness (QED) is 0.811. The van der Waals surface area contributed by atoms with E-state index in [1.807, 2.05) is 33.9 Å². The van der Waals surface area contributed by atoms with Gasteiger partial charge in [0.05, 0.1) is 12.3 Å². The molecule has 0 aliphatic heterocycles. The number of nitrogens with zero attached hydrogens (tertiary/aromatic N) is 1. The van der Waals surface area contributed by atoms with Crippen molar-refractivity contribution in [3.05, 3.63) is 23.4 Å². The van der Waals surface area contributed by atoms with Crippen LogP contribution in [0.4, 0.5) is 13.2 Å². The Balaban J connectivity index is 2.74. The first-order valence-corrected chi connectivity index (χ1v) is 6.97. The van der Waals surface area contributed by atoms with Crippen LogP contribution in [0.3, 0.4) is 0 Å². The van der Waals surface area contributed by atoms with Gasteiger partial charge >= 0.3 is 6.18 Å². The third-order valence-corrected chi connectivity index (χ3v) is 2.87. The van der Waals surface area contributed by atoms with E-state index in [4.69, 9.17) is 4.74 Å². The van der Waals surface area contributed by atoms with Gasteiger partial charge in [0, 0.05) is 24.4 Å². The van der Waals surface area contributed by atoms with E-state index in [-0.39, 0.29) is 18.4 Å². The first-order valence-electron chi connectivity index (χ1n) is 6.97. The van der Waals surface area contributed by atoms with Gasteiger partial charge in [0.15, 0.2) is 0 Å². The molecule has 0 aliphatic carbocycles. The largest absolute Gasteiger partial charge is 0.478 e. The number of pyridine rings is 1. The molecule has 1 N–H and O–H groups in total. The Morgan fingerprint density at radius 1 is 1.19 bits per heavy atom. The topological polar surface area (TPSA) is 34.1 Å². The van der Waals surface area contributed by atoms with Crippen molar-refractivity contribution in [2.45, 2.75) is 51.7 Å². The second-order valence-electron chi connectivity index (χ2n) is 6.05. The van der Waals surface area contributed by atoms with Crippen molar-refractivity contribution in [2.75, 3.05) is 13.7 Å². The summed E-state index contributed by atoms with van der Waals surface area (Å²) in [5.74, 6) is 0.384. The van der Waals surface area contributed by atoms with Crippen LogP contribution in [0.2, 0.25) is 0 Å². The fourth-order valence-corrected chi connectivity index (χ4v) is 1.77. The molecular formula is C15H23F3N2O. The summed E-state index contributed by atoms with van der Waals surface area (Å²) >= 11 is 0. The Morgan fingerprint density at radius 3 is 2.38 bits per heavy atom. The lowest BCUT2D eigenvalue weighted by Crippen LogP contribution is -2.16. The van der Waals surface area contributed by atoms with Crippen LogP contribution in [0.15, 0.2) is 12.1 Å². The summed E-state index contributed by atoms with van der Waals surface area (Å²) < 4.78 is 41.6. The molecule has 0 fully saturated rings. The van der Waals surface area contributed by atoms with Crippen molar-refractivity contribution >= 4 is 0 Å². The molecule has 1 rings (SSSR count). The number of nitrogens with one attached hydrogen (secondary N) is 1. The molecule has 120 valence electrons. The van der Waals surface area contributed by atoms with Crippen LogP contribution in [-0.2, 0) is 12.0 Å². The summed E-state index contributed by atoms with van der Waals surface area (Å²) in [6.45, 7) is 6.77. The van der Waals surface area contributed by atoms with E-state index >= 15 is 0 Å². The normalized spacial score (nSPS) is 12.5. The molecule has 6 heteroatoms. The predicted molar refractivity (Wildman–Crippen MR) is 76.5 cm³/mol. The molecule has 0 atom stereocenters. The summed E-state index contributed by atoms with van der Waals surface area (Å²) in [4.78, 5) is 4.39. The van der Waals surface area contributed by atoms with Crippen molar-refractivity contribution < 1.29 is 17.9 Å². The Labute approximate surface area is 123 Å². The number of rotatable bonds is 6. The Kier molecular flexibility index (Phi) is 6.01. The SMILES string of the molecule is CNCc1cc(OCCCC(F)(F)F)nc(C(C)(C)C)c1. The monoisotopic (exact) mass is 304 g/mol. The Morgan fingerprint density at radius 2 is 1.86 bits per heavy atom. The maximum atomic E-state index is 12.1. The van der Waals surface area contributed by atoms with Crippen LogP contribution in [0.5, 0.6) is 5.88 Å². The zero-order valence-corrected chi connectivity index (χ0v) is 13.0. The second kappa shape index (κ2) is 7.11. The van der Waals surface area contributed by atoms with Gasteiger partial charge in [-0.25, -0.2) is 4.98 Å². The minimum absolute atomic E-state index is 0.0130. The number of ether oxygens (including phenoxy) is 1. The molecule has 0 amide bonds. The Hall–Kier alpha value is -1.30. The highest BCUT2D eigenvalue weighted by Gasteiger charge is 2.26. The Bertz CT molecular complexity index is 453. The smallest absolute Gasteiger partial charge is 0.389 e. The van der Waals surface area contributed by atoms with Crippen LogP contribution >= 0.6 is 0 Å². The van der Waals surface area contributed by atoms with Crippen LogP contribution in [-0.4, -0.2) is 24.8 Å². The number of alkyl halides is 3. The van der Waals surface area contributed by atoms with E-state index in [1.54, 1.807) is 6.07 Å². The van der Waals surface area contributed by atoms with Crippen LogP contribution in [0.25, 0.3) is 0 Å². The van der Waals surface area contributed by atoms with Gasteiger partial charge in [-0.2, -0.15) is 13.2 Å². The molecule has 0 bridgehead atoms. The molecule has 1 aromatic heterocycles. The lowest BCUT2D eigenvalue weighted by molar-refractivity contribution is -0.136. The van der Waals surface area contributed by atoms with E-state index in [1.165, 1.54) is 0 Å². The molecule has 1 aromatic rings. The van der Waals surface area contributed by atoms with Crippen molar-refractivity contribution in [3.63, 3.8) is 0 Å². The van der Waals surface area contributed by atoms with E-state index in [0.29, 0.717) is 12.4 Å². The highest BCUT2D eigenvalue weighted by molar-refractivity contribution is 5.28. The molecule has 0 saturated carbocycles. The van der Waals surface area contributed by atoms with Gasteiger partial charge in [0.1, 0.15) is 0 Å². The zero-order valence-electron chi connectivity index (χ0n) is 13.0. The first-order chi connectivity index (χ1) is 9.62.